The van der Waals surface area contributed by atoms with E-state index in [2.05, 4.69) is 0 Å². The topological polar surface area (TPSA) is 69.7 Å². The Bertz CT molecular complexity index is 581. The van der Waals surface area contributed by atoms with Crippen molar-refractivity contribution in [2.24, 2.45) is 0 Å². The van der Waals surface area contributed by atoms with Gasteiger partial charge in [-0.05, 0) is 30.7 Å². The highest BCUT2D eigenvalue weighted by Gasteiger charge is 2.40. The van der Waals surface area contributed by atoms with E-state index in [4.69, 9.17) is 20.5 Å². The van der Waals surface area contributed by atoms with Crippen molar-refractivity contribution in [3.05, 3.63) is 28.8 Å². The van der Waals surface area contributed by atoms with Gasteiger partial charge in [0.05, 0.1) is 6.61 Å². The van der Waals surface area contributed by atoms with E-state index in [1.54, 1.807) is 13.0 Å². The van der Waals surface area contributed by atoms with Gasteiger partial charge >= 0.3 is 16.1 Å². The lowest BCUT2D eigenvalue weighted by atomic mass is 10.1. The van der Waals surface area contributed by atoms with Crippen molar-refractivity contribution in [1.29, 1.82) is 0 Å². The Morgan fingerprint density at radius 1 is 1.56 bits per heavy atom. The van der Waals surface area contributed by atoms with Crippen LogP contribution in [0.1, 0.15) is 12.5 Å². The third kappa shape index (κ3) is 2.44. The maximum absolute atomic E-state index is 11.8. The summed E-state index contributed by atoms with van der Waals surface area (Å²) in [6.07, 6.45) is 0.0110. The Kier molecular flexibility index (Phi) is 3.49. The zero-order valence-electron chi connectivity index (χ0n) is 9.55. The molecule has 0 saturated carbocycles. The fraction of sp³-hybridized carbons (Fsp3) is 0.364. The molecule has 0 bridgehead atoms. The summed E-state index contributed by atoms with van der Waals surface area (Å²) in [7, 11) is -3.99. The molecule has 18 heavy (non-hydrogen) atoms. The highest BCUT2D eigenvalue weighted by molar-refractivity contribution is 7.88. The number of hydrogen-bond acceptors (Lipinski definition) is 5. The van der Waals surface area contributed by atoms with E-state index >= 15 is 0 Å². The molecule has 1 unspecified atom stereocenters. The fourth-order valence-corrected chi connectivity index (χ4v) is 3.12. The number of fused-ring (bicyclic) bond motifs is 1. The molecule has 0 radical (unpaired) electrons. The van der Waals surface area contributed by atoms with Crippen LogP contribution in [0.5, 0.6) is 5.75 Å². The lowest BCUT2D eigenvalue weighted by Crippen LogP contribution is -2.39. The van der Waals surface area contributed by atoms with Crippen LogP contribution in [0.15, 0.2) is 18.2 Å². The molecule has 1 atom stereocenters. The first-order valence-corrected chi connectivity index (χ1v) is 7.17. The fourth-order valence-electron chi connectivity index (χ4n) is 1.71. The molecule has 5 nitrogen and oxygen atoms in total. The van der Waals surface area contributed by atoms with Crippen molar-refractivity contribution in [3.63, 3.8) is 0 Å². The van der Waals surface area contributed by atoms with Crippen molar-refractivity contribution in [3.8, 4) is 5.75 Å². The number of esters is 1. The molecule has 0 spiro atoms. The molecule has 1 aromatic rings. The third-order valence-electron chi connectivity index (χ3n) is 2.53. The van der Waals surface area contributed by atoms with Crippen LogP contribution in [-0.4, -0.2) is 26.2 Å². The van der Waals surface area contributed by atoms with E-state index in [1.807, 2.05) is 0 Å². The second-order valence-corrected chi connectivity index (χ2v) is 5.93. The molecule has 0 saturated heterocycles. The van der Waals surface area contributed by atoms with E-state index < -0.39 is 21.3 Å². The first-order valence-electron chi connectivity index (χ1n) is 5.32. The standard InChI is InChI=1S/C11H11ClO5S/c1-2-16-11(13)10-6-7-5-8(12)3-4-9(7)17-18(10,14)15/h3-5,10H,2,6H2,1H3. The number of carbonyl (C=O) groups excluding carboxylic acids is 1. The van der Waals surface area contributed by atoms with E-state index in [1.165, 1.54) is 12.1 Å². The molecular formula is C11H11ClO5S. The molecule has 0 aliphatic carbocycles. The predicted octanol–water partition coefficient (Wildman–Crippen LogP) is 1.54. The molecular weight excluding hydrogens is 280 g/mol. The summed E-state index contributed by atoms with van der Waals surface area (Å²) >= 11 is 5.81. The summed E-state index contributed by atoms with van der Waals surface area (Å²) in [6.45, 7) is 1.73. The maximum atomic E-state index is 11.8. The smallest absolute Gasteiger partial charge is 0.328 e. The van der Waals surface area contributed by atoms with Gasteiger partial charge in [-0.1, -0.05) is 11.6 Å². The highest BCUT2D eigenvalue weighted by Crippen LogP contribution is 2.32. The number of halogens is 1. The molecule has 1 aliphatic heterocycles. The number of carbonyl (C=O) groups is 1. The van der Waals surface area contributed by atoms with E-state index in [0.29, 0.717) is 10.6 Å². The molecule has 0 N–H and O–H groups in total. The van der Waals surface area contributed by atoms with E-state index in [0.717, 1.165) is 0 Å². The van der Waals surface area contributed by atoms with Gasteiger partial charge in [0.1, 0.15) is 5.75 Å². The van der Waals surface area contributed by atoms with Gasteiger partial charge in [-0.15, -0.1) is 0 Å². The van der Waals surface area contributed by atoms with Crippen molar-refractivity contribution < 1.29 is 22.1 Å². The molecule has 2 rings (SSSR count). The third-order valence-corrected chi connectivity index (χ3v) is 4.23. The SMILES string of the molecule is CCOC(=O)C1Cc2cc(Cl)ccc2OS1(=O)=O. The van der Waals surface area contributed by atoms with Crippen LogP contribution in [0, 0.1) is 0 Å². The van der Waals surface area contributed by atoms with Crippen molar-refractivity contribution >= 4 is 27.7 Å². The first-order chi connectivity index (χ1) is 8.44. The highest BCUT2D eigenvalue weighted by atomic mass is 35.5. The van der Waals surface area contributed by atoms with Gasteiger partial charge in [0.25, 0.3) is 0 Å². The molecule has 0 amide bonds. The second-order valence-electron chi connectivity index (χ2n) is 3.77. The first kappa shape index (κ1) is 13.2. The Hall–Kier alpha value is -1.27. The zero-order chi connectivity index (χ0) is 13.3. The van der Waals surface area contributed by atoms with Gasteiger partial charge in [-0.2, -0.15) is 8.42 Å². The largest absolute Gasteiger partial charge is 0.465 e. The Morgan fingerprint density at radius 2 is 2.28 bits per heavy atom. The van der Waals surface area contributed by atoms with Gasteiger partial charge in [0, 0.05) is 11.4 Å². The van der Waals surface area contributed by atoms with Gasteiger partial charge in [-0.25, -0.2) is 0 Å². The van der Waals surface area contributed by atoms with Crippen LogP contribution in [0.2, 0.25) is 5.02 Å². The lowest BCUT2D eigenvalue weighted by Gasteiger charge is -2.23. The summed E-state index contributed by atoms with van der Waals surface area (Å²) in [4.78, 5) is 11.6. The molecule has 1 aromatic carbocycles. The van der Waals surface area contributed by atoms with Crippen LogP contribution < -0.4 is 4.18 Å². The average molecular weight is 291 g/mol. The summed E-state index contributed by atoms with van der Waals surface area (Å²) in [5, 5.41) is -0.873. The number of rotatable bonds is 2. The number of hydrogen-bond donors (Lipinski definition) is 0. The minimum atomic E-state index is -3.99. The summed E-state index contributed by atoms with van der Waals surface area (Å²) in [5.74, 6) is -0.594. The van der Waals surface area contributed by atoms with Gasteiger partial charge in [-0.3, -0.25) is 4.79 Å². The Balaban J connectivity index is 2.38. The Labute approximate surface area is 110 Å². The van der Waals surface area contributed by atoms with Gasteiger partial charge < -0.3 is 8.92 Å². The van der Waals surface area contributed by atoms with Crippen LogP contribution in [0.25, 0.3) is 0 Å². The van der Waals surface area contributed by atoms with Gasteiger partial charge in [0.15, 0.2) is 5.25 Å². The van der Waals surface area contributed by atoms with Crippen molar-refractivity contribution in [1.82, 2.24) is 0 Å². The van der Waals surface area contributed by atoms with Gasteiger partial charge in [0.2, 0.25) is 0 Å². The molecule has 0 aromatic heterocycles. The van der Waals surface area contributed by atoms with Crippen molar-refractivity contribution in [2.45, 2.75) is 18.6 Å². The molecule has 0 fully saturated rings. The maximum Gasteiger partial charge on any atom is 0.328 e. The van der Waals surface area contributed by atoms with Crippen molar-refractivity contribution in [2.75, 3.05) is 6.61 Å². The predicted molar refractivity (Wildman–Crippen MR) is 65.1 cm³/mol. The van der Waals surface area contributed by atoms with Crippen LogP contribution in [0.3, 0.4) is 0 Å². The monoisotopic (exact) mass is 290 g/mol. The summed E-state index contributed by atoms with van der Waals surface area (Å²) < 4.78 is 33.2. The molecule has 7 heteroatoms. The van der Waals surface area contributed by atoms with E-state index in [-0.39, 0.29) is 18.8 Å². The average Bonchev–Trinajstić information content (AvgIpc) is 2.28. The normalized spacial score (nSPS) is 20.7. The number of ether oxygens (including phenoxy) is 1. The van der Waals surface area contributed by atoms with Crippen LogP contribution >= 0.6 is 11.6 Å². The minimum Gasteiger partial charge on any atom is -0.465 e. The minimum absolute atomic E-state index is 0.0110. The molecule has 1 heterocycles. The second kappa shape index (κ2) is 4.78. The molecule has 1 aliphatic rings. The quantitative estimate of drug-likeness (QED) is 0.610. The Morgan fingerprint density at radius 3 is 2.94 bits per heavy atom. The zero-order valence-corrected chi connectivity index (χ0v) is 11.1. The van der Waals surface area contributed by atoms with Crippen LogP contribution in [-0.2, 0) is 26.1 Å². The lowest BCUT2D eigenvalue weighted by molar-refractivity contribution is -0.142. The summed E-state index contributed by atoms with van der Waals surface area (Å²) in [5.41, 5.74) is 0.579. The van der Waals surface area contributed by atoms with Crippen LogP contribution in [0.4, 0.5) is 0 Å². The van der Waals surface area contributed by atoms with E-state index in [9.17, 15) is 13.2 Å². The molecule has 98 valence electrons. The number of benzene rings is 1. The summed E-state index contributed by atoms with van der Waals surface area (Å²) in [6, 6.07) is 4.58.